The molecule has 30 heavy (non-hydrogen) atoms. The molecule has 4 rings (SSSR count). The molecule has 2 N–H and O–H groups in total. The first-order chi connectivity index (χ1) is 14.5. The van der Waals surface area contributed by atoms with Gasteiger partial charge in [-0.15, -0.1) is 0 Å². The first-order valence-electron chi connectivity index (χ1n) is 9.90. The highest BCUT2D eigenvalue weighted by atomic mass is 35.5. The molecule has 2 aliphatic rings. The minimum atomic E-state index is -0.644. The van der Waals surface area contributed by atoms with Crippen molar-refractivity contribution in [3.63, 3.8) is 0 Å². The van der Waals surface area contributed by atoms with Gasteiger partial charge in [0.1, 0.15) is 11.3 Å². The summed E-state index contributed by atoms with van der Waals surface area (Å²) in [5, 5.41) is 0.564. The van der Waals surface area contributed by atoms with Crippen LogP contribution in [-0.4, -0.2) is 18.4 Å². The Bertz CT molecular complexity index is 1040. The molecule has 0 unspecified atom stereocenters. The first-order valence-corrected chi connectivity index (χ1v) is 10.3. The van der Waals surface area contributed by atoms with E-state index in [0.29, 0.717) is 29.2 Å². The summed E-state index contributed by atoms with van der Waals surface area (Å²) in [6.07, 6.45) is 0.873. The molecule has 0 radical (unpaired) electrons. The number of carbonyl (C=O) groups is 2. The Labute approximate surface area is 180 Å². The number of halogens is 1. The zero-order chi connectivity index (χ0) is 21.3. The second-order valence-corrected chi connectivity index (χ2v) is 7.80. The van der Waals surface area contributed by atoms with Crippen LogP contribution in [0.3, 0.4) is 0 Å². The molecule has 1 aliphatic heterocycles. The van der Waals surface area contributed by atoms with Crippen molar-refractivity contribution in [2.24, 2.45) is 5.73 Å². The molecule has 2 atom stereocenters. The van der Waals surface area contributed by atoms with Crippen LogP contribution in [0.1, 0.15) is 42.7 Å². The molecule has 6 heteroatoms. The monoisotopic (exact) mass is 423 g/mol. The quantitative estimate of drug-likeness (QED) is 0.728. The van der Waals surface area contributed by atoms with Crippen molar-refractivity contribution in [3.8, 4) is 0 Å². The molecular weight excluding hydrogens is 402 g/mol. The molecule has 0 fully saturated rings. The van der Waals surface area contributed by atoms with E-state index in [1.165, 1.54) is 0 Å². The van der Waals surface area contributed by atoms with Crippen molar-refractivity contribution in [2.75, 3.05) is 6.61 Å². The Morgan fingerprint density at radius 1 is 1.10 bits per heavy atom. The van der Waals surface area contributed by atoms with E-state index in [1.807, 2.05) is 30.3 Å². The zero-order valence-electron chi connectivity index (χ0n) is 16.6. The Balaban J connectivity index is 1.80. The fourth-order valence-electron chi connectivity index (χ4n) is 4.16. The van der Waals surface area contributed by atoms with Crippen LogP contribution in [0.4, 0.5) is 0 Å². The van der Waals surface area contributed by atoms with Gasteiger partial charge in [0, 0.05) is 23.4 Å². The van der Waals surface area contributed by atoms with Crippen molar-refractivity contribution >= 4 is 23.4 Å². The van der Waals surface area contributed by atoms with Gasteiger partial charge in [0.25, 0.3) is 0 Å². The van der Waals surface area contributed by atoms with Gasteiger partial charge < -0.3 is 15.2 Å². The molecule has 0 spiro atoms. The molecule has 2 aromatic carbocycles. The number of allylic oxidation sites excluding steroid dienone is 2. The fraction of sp³-hybridized carbons (Fsp3) is 0.250. The van der Waals surface area contributed by atoms with Crippen LogP contribution in [-0.2, 0) is 19.1 Å². The SMILES string of the molecule is CCOC(=O)C1=C(N)OC2=C(C(=O)C[C@H](c3ccccc3)C2)[C@@H]1c1ccc(Cl)cc1. The van der Waals surface area contributed by atoms with Gasteiger partial charge in [-0.25, -0.2) is 4.79 Å². The number of hydrogen-bond acceptors (Lipinski definition) is 5. The average molecular weight is 424 g/mol. The topological polar surface area (TPSA) is 78.6 Å². The van der Waals surface area contributed by atoms with E-state index in [2.05, 4.69) is 0 Å². The number of esters is 1. The normalized spacial score (nSPS) is 21.2. The highest BCUT2D eigenvalue weighted by molar-refractivity contribution is 6.30. The van der Waals surface area contributed by atoms with Gasteiger partial charge in [-0.1, -0.05) is 54.1 Å². The maximum atomic E-state index is 13.3. The fourth-order valence-corrected chi connectivity index (χ4v) is 4.29. The van der Waals surface area contributed by atoms with E-state index in [1.54, 1.807) is 31.2 Å². The predicted octanol–water partition coefficient (Wildman–Crippen LogP) is 4.59. The summed E-state index contributed by atoms with van der Waals surface area (Å²) in [5.41, 5.74) is 8.64. The van der Waals surface area contributed by atoms with Crippen LogP contribution in [0.5, 0.6) is 0 Å². The van der Waals surface area contributed by atoms with Gasteiger partial charge >= 0.3 is 5.97 Å². The molecule has 5 nitrogen and oxygen atoms in total. The summed E-state index contributed by atoms with van der Waals surface area (Å²) < 4.78 is 11.1. The maximum absolute atomic E-state index is 13.3. The third kappa shape index (κ3) is 3.73. The largest absolute Gasteiger partial charge is 0.462 e. The number of rotatable bonds is 4. The molecule has 154 valence electrons. The van der Waals surface area contributed by atoms with Gasteiger partial charge in [0.15, 0.2) is 5.78 Å². The summed E-state index contributed by atoms with van der Waals surface area (Å²) in [6, 6.07) is 16.9. The molecule has 0 bridgehead atoms. The first kappa shape index (κ1) is 20.2. The standard InChI is InChI=1S/C24H22ClNO4/c1-2-29-24(28)22-20(15-8-10-17(25)11-9-15)21-18(27)12-16(13-19(21)30-23(22)26)14-6-4-3-5-7-14/h3-11,16,20H,2,12-13,26H2,1H3/t16-,20-/m0/s1. The average Bonchev–Trinajstić information content (AvgIpc) is 2.74. The van der Waals surface area contributed by atoms with E-state index in [-0.39, 0.29) is 29.8 Å². The summed E-state index contributed by atoms with van der Waals surface area (Å²) in [6.45, 7) is 1.91. The molecule has 0 saturated carbocycles. The summed E-state index contributed by atoms with van der Waals surface area (Å²) in [5.74, 6) is -0.785. The minimum Gasteiger partial charge on any atom is -0.462 e. The van der Waals surface area contributed by atoms with Crippen molar-refractivity contribution in [2.45, 2.75) is 31.6 Å². The predicted molar refractivity (Wildman–Crippen MR) is 114 cm³/mol. The Hall–Kier alpha value is -3.05. The molecule has 0 saturated heterocycles. The Morgan fingerprint density at radius 2 is 1.80 bits per heavy atom. The second-order valence-electron chi connectivity index (χ2n) is 7.36. The molecule has 1 aliphatic carbocycles. The van der Waals surface area contributed by atoms with Gasteiger partial charge in [0.2, 0.25) is 5.88 Å². The Morgan fingerprint density at radius 3 is 2.47 bits per heavy atom. The van der Waals surface area contributed by atoms with Crippen LogP contribution in [0.2, 0.25) is 5.02 Å². The summed E-state index contributed by atoms with van der Waals surface area (Å²) in [7, 11) is 0. The van der Waals surface area contributed by atoms with E-state index in [9.17, 15) is 9.59 Å². The number of nitrogens with two attached hydrogens (primary N) is 1. The lowest BCUT2D eigenvalue weighted by Gasteiger charge is -2.35. The van der Waals surface area contributed by atoms with Crippen LogP contribution in [0.15, 0.2) is 77.4 Å². The third-order valence-corrected chi connectivity index (χ3v) is 5.76. The van der Waals surface area contributed by atoms with Crippen LogP contribution >= 0.6 is 11.6 Å². The number of hydrogen-bond donors (Lipinski definition) is 1. The van der Waals surface area contributed by atoms with E-state index < -0.39 is 11.9 Å². The highest BCUT2D eigenvalue weighted by Gasteiger charge is 2.43. The summed E-state index contributed by atoms with van der Waals surface area (Å²) in [4.78, 5) is 26.0. The molecule has 0 amide bonds. The smallest absolute Gasteiger partial charge is 0.340 e. The van der Waals surface area contributed by atoms with Gasteiger partial charge in [0.05, 0.1) is 12.5 Å². The number of carbonyl (C=O) groups excluding carboxylic acids is 2. The van der Waals surface area contributed by atoms with Gasteiger partial charge in [-0.3, -0.25) is 4.79 Å². The van der Waals surface area contributed by atoms with E-state index in [4.69, 9.17) is 26.8 Å². The van der Waals surface area contributed by atoms with Gasteiger partial charge in [-0.05, 0) is 36.1 Å². The van der Waals surface area contributed by atoms with Crippen LogP contribution in [0, 0.1) is 0 Å². The second kappa shape index (κ2) is 8.36. The van der Waals surface area contributed by atoms with Gasteiger partial charge in [-0.2, -0.15) is 0 Å². The molecule has 0 aromatic heterocycles. The summed E-state index contributed by atoms with van der Waals surface area (Å²) >= 11 is 6.05. The molecular formula is C24H22ClNO4. The lowest BCUT2D eigenvalue weighted by molar-refractivity contribution is -0.139. The number of benzene rings is 2. The lowest BCUT2D eigenvalue weighted by atomic mass is 9.73. The third-order valence-electron chi connectivity index (χ3n) is 5.51. The van der Waals surface area contributed by atoms with Crippen molar-refractivity contribution in [1.82, 2.24) is 0 Å². The number of Topliss-reactive ketones (excluding diaryl/α,β-unsaturated/α-hetero) is 1. The molecule has 1 heterocycles. The zero-order valence-corrected chi connectivity index (χ0v) is 17.3. The van der Waals surface area contributed by atoms with E-state index >= 15 is 0 Å². The van der Waals surface area contributed by atoms with Crippen molar-refractivity contribution < 1.29 is 19.1 Å². The Kier molecular flexibility index (Phi) is 5.64. The highest BCUT2D eigenvalue weighted by Crippen LogP contribution is 2.47. The van der Waals surface area contributed by atoms with Crippen LogP contribution < -0.4 is 5.73 Å². The van der Waals surface area contributed by atoms with E-state index in [0.717, 1.165) is 11.1 Å². The molecule has 2 aromatic rings. The maximum Gasteiger partial charge on any atom is 0.340 e. The minimum absolute atomic E-state index is 0.000242. The number of ketones is 1. The number of ether oxygens (including phenoxy) is 2. The van der Waals surface area contributed by atoms with Crippen molar-refractivity contribution in [1.29, 1.82) is 0 Å². The lowest BCUT2D eigenvalue weighted by Crippen LogP contribution is -2.33. The van der Waals surface area contributed by atoms with Crippen molar-refractivity contribution in [3.05, 3.63) is 93.5 Å². The van der Waals surface area contributed by atoms with Crippen LogP contribution in [0.25, 0.3) is 0 Å².